The molecule has 10 heteroatoms. The van der Waals surface area contributed by atoms with E-state index in [1.807, 2.05) is 30.3 Å². The lowest BCUT2D eigenvalue weighted by Gasteiger charge is -2.22. The molecule has 4 amide bonds. The number of hydrogen-bond acceptors (Lipinski definition) is 6. The van der Waals surface area contributed by atoms with Crippen LogP contribution in [0.2, 0.25) is 0 Å². The van der Waals surface area contributed by atoms with Gasteiger partial charge in [-0.3, -0.25) is 14.5 Å². The van der Waals surface area contributed by atoms with E-state index in [4.69, 9.17) is 0 Å². The quantitative estimate of drug-likeness (QED) is 0.584. The summed E-state index contributed by atoms with van der Waals surface area (Å²) in [5.41, 5.74) is 0.814. The van der Waals surface area contributed by atoms with Crippen molar-refractivity contribution >= 4 is 17.8 Å². The third-order valence-electron chi connectivity index (χ3n) is 4.95. The third-order valence-corrected chi connectivity index (χ3v) is 4.95. The minimum absolute atomic E-state index is 0.314. The highest BCUT2D eigenvalue weighted by atomic mass is 16.2. The Bertz CT molecular complexity index is 1080. The summed E-state index contributed by atoms with van der Waals surface area (Å²) in [7, 11) is 0. The highest BCUT2D eigenvalue weighted by molar-refractivity contribution is 6.09. The van der Waals surface area contributed by atoms with Gasteiger partial charge in [0.05, 0.1) is 5.69 Å². The predicted octanol–water partition coefficient (Wildman–Crippen LogP) is 0.746. The molecule has 1 saturated heterocycles. The van der Waals surface area contributed by atoms with Gasteiger partial charge in [-0.2, -0.15) is 0 Å². The smallest absolute Gasteiger partial charge is 0.325 e. The van der Waals surface area contributed by atoms with Crippen LogP contribution in [-0.2, 0) is 21.7 Å². The number of aromatic nitrogens is 4. The Morgan fingerprint density at radius 2 is 1.93 bits per heavy atom. The Labute approximate surface area is 171 Å². The Morgan fingerprint density at radius 1 is 1.13 bits per heavy atom. The van der Waals surface area contributed by atoms with E-state index in [0.29, 0.717) is 17.8 Å². The zero-order valence-corrected chi connectivity index (χ0v) is 16.1. The topological polar surface area (TPSA) is 122 Å². The van der Waals surface area contributed by atoms with Crippen LogP contribution in [0.25, 0.3) is 5.69 Å². The molecule has 0 radical (unpaired) electrons. The molecule has 1 aliphatic heterocycles. The van der Waals surface area contributed by atoms with Crippen LogP contribution < -0.4 is 10.6 Å². The molecule has 1 atom stereocenters. The first kappa shape index (κ1) is 19.2. The fourth-order valence-corrected chi connectivity index (χ4v) is 3.27. The van der Waals surface area contributed by atoms with Gasteiger partial charge in [-0.25, -0.2) is 9.48 Å². The summed E-state index contributed by atoms with van der Waals surface area (Å²) >= 11 is 0. The number of urea groups is 1. The summed E-state index contributed by atoms with van der Waals surface area (Å²) in [6.07, 6.45) is 1.43. The van der Waals surface area contributed by atoms with Gasteiger partial charge in [0.15, 0.2) is 0 Å². The molecule has 1 aromatic heterocycles. The molecule has 0 saturated carbocycles. The molecule has 2 heterocycles. The maximum absolute atomic E-state index is 13.1. The summed E-state index contributed by atoms with van der Waals surface area (Å²) in [5.74, 6) is -0.926. The highest BCUT2D eigenvalue weighted by Gasteiger charge is 2.49. The van der Waals surface area contributed by atoms with Crippen molar-refractivity contribution in [3.63, 3.8) is 0 Å². The predicted molar refractivity (Wildman–Crippen MR) is 105 cm³/mol. The number of amides is 4. The Hall–Kier alpha value is -4.08. The van der Waals surface area contributed by atoms with Crippen molar-refractivity contribution in [2.45, 2.75) is 19.0 Å². The molecule has 1 unspecified atom stereocenters. The van der Waals surface area contributed by atoms with Gasteiger partial charge >= 0.3 is 6.03 Å². The van der Waals surface area contributed by atoms with Crippen LogP contribution in [0.4, 0.5) is 4.79 Å². The maximum atomic E-state index is 13.1. The number of benzene rings is 2. The largest absolute Gasteiger partial charge is 0.350 e. The first-order chi connectivity index (χ1) is 14.5. The number of hydrogen-bond donors (Lipinski definition) is 2. The zero-order valence-electron chi connectivity index (χ0n) is 16.1. The van der Waals surface area contributed by atoms with E-state index >= 15 is 0 Å². The molecule has 1 fully saturated rings. The van der Waals surface area contributed by atoms with Gasteiger partial charge in [0, 0.05) is 6.54 Å². The highest BCUT2D eigenvalue weighted by Crippen LogP contribution is 2.29. The Morgan fingerprint density at radius 3 is 2.67 bits per heavy atom. The van der Waals surface area contributed by atoms with Crippen LogP contribution in [0.15, 0.2) is 60.9 Å². The van der Waals surface area contributed by atoms with Crippen molar-refractivity contribution in [1.82, 2.24) is 35.7 Å². The minimum atomic E-state index is -1.30. The van der Waals surface area contributed by atoms with Crippen LogP contribution >= 0.6 is 0 Å². The first-order valence-corrected chi connectivity index (χ1v) is 9.26. The summed E-state index contributed by atoms with van der Waals surface area (Å²) in [4.78, 5) is 38.8. The summed E-state index contributed by atoms with van der Waals surface area (Å²) in [5, 5.41) is 16.4. The van der Waals surface area contributed by atoms with E-state index in [1.54, 1.807) is 31.2 Å². The molecular formula is C20H19N7O3. The lowest BCUT2D eigenvalue weighted by molar-refractivity contribution is -0.134. The zero-order chi connectivity index (χ0) is 21.1. The van der Waals surface area contributed by atoms with E-state index in [2.05, 4.69) is 26.2 Å². The number of nitrogens with one attached hydrogen (secondary N) is 2. The molecule has 2 aromatic carbocycles. The van der Waals surface area contributed by atoms with Gasteiger partial charge < -0.3 is 10.6 Å². The molecule has 0 aliphatic carbocycles. The average molecular weight is 405 g/mol. The molecule has 1 aliphatic rings. The lowest BCUT2D eigenvalue weighted by atomic mass is 9.91. The molecule has 30 heavy (non-hydrogen) atoms. The molecule has 10 nitrogen and oxygen atoms in total. The second-order valence-electron chi connectivity index (χ2n) is 7.01. The van der Waals surface area contributed by atoms with Gasteiger partial charge in [-0.15, -0.1) is 5.10 Å². The monoisotopic (exact) mass is 405 g/mol. The van der Waals surface area contributed by atoms with Gasteiger partial charge in [-0.05, 0) is 40.6 Å². The van der Waals surface area contributed by atoms with Crippen molar-refractivity contribution < 1.29 is 14.4 Å². The van der Waals surface area contributed by atoms with Crippen LogP contribution in [0.1, 0.15) is 18.1 Å². The fourth-order valence-electron chi connectivity index (χ4n) is 3.27. The number of rotatable bonds is 6. The standard InChI is InChI=1S/C20H19N7O3/c1-20(15-8-5-9-16(10-15)27-13-22-24-25-27)18(29)26(19(30)23-20)12-17(28)21-11-14-6-3-2-4-7-14/h2-10,13H,11-12H2,1H3,(H,21,28)(H,23,30). The Balaban J connectivity index is 1.48. The summed E-state index contributed by atoms with van der Waals surface area (Å²) in [6, 6.07) is 15.7. The van der Waals surface area contributed by atoms with Crippen LogP contribution in [0.3, 0.4) is 0 Å². The minimum Gasteiger partial charge on any atom is -0.350 e. The fraction of sp³-hybridized carbons (Fsp3) is 0.200. The number of carbonyl (C=O) groups excluding carboxylic acids is 3. The van der Waals surface area contributed by atoms with E-state index in [0.717, 1.165) is 10.5 Å². The molecule has 0 bridgehead atoms. The van der Waals surface area contributed by atoms with Crippen molar-refractivity contribution in [2.75, 3.05) is 6.54 Å². The van der Waals surface area contributed by atoms with Crippen molar-refractivity contribution in [3.8, 4) is 5.69 Å². The molecule has 2 N–H and O–H groups in total. The molecule has 152 valence electrons. The van der Waals surface area contributed by atoms with Crippen LogP contribution in [-0.4, -0.2) is 49.5 Å². The average Bonchev–Trinajstić information content (AvgIpc) is 3.37. The number of nitrogens with zero attached hydrogens (tertiary/aromatic N) is 5. The van der Waals surface area contributed by atoms with Crippen molar-refractivity contribution in [1.29, 1.82) is 0 Å². The van der Waals surface area contributed by atoms with Gasteiger partial charge in [0.1, 0.15) is 18.4 Å². The second-order valence-corrected chi connectivity index (χ2v) is 7.01. The van der Waals surface area contributed by atoms with Crippen molar-refractivity contribution in [3.05, 3.63) is 72.1 Å². The Kier molecular flexibility index (Phi) is 4.97. The van der Waals surface area contributed by atoms with E-state index in [9.17, 15) is 14.4 Å². The molecule has 4 rings (SSSR count). The van der Waals surface area contributed by atoms with Crippen LogP contribution in [0.5, 0.6) is 0 Å². The molecule has 0 spiro atoms. The SMILES string of the molecule is CC1(c2cccc(-n3cnnn3)c2)NC(=O)N(CC(=O)NCc2ccccc2)C1=O. The second kappa shape index (κ2) is 7.74. The van der Waals surface area contributed by atoms with E-state index in [1.165, 1.54) is 11.0 Å². The number of carbonyl (C=O) groups is 3. The maximum Gasteiger partial charge on any atom is 0.325 e. The lowest BCUT2D eigenvalue weighted by Crippen LogP contribution is -2.43. The number of tetrazole rings is 1. The summed E-state index contributed by atoms with van der Waals surface area (Å²) in [6.45, 7) is 1.56. The van der Waals surface area contributed by atoms with Crippen LogP contribution in [0, 0.1) is 0 Å². The van der Waals surface area contributed by atoms with Crippen molar-refractivity contribution in [2.24, 2.45) is 0 Å². The third kappa shape index (κ3) is 3.62. The summed E-state index contributed by atoms with van der Waals surface area (Å²) < 4.78 is 1.45. The van der Waals surface area contributed by atoms with Gasteiger partial charge in [-0.1, -0.05) is 42.5 Å². The van der Waals surface area contributed by atoms with Gasteiger partial charge in [0.25, 0.3) is 5.91 Å². The first-order valence-electron chi connectivity index (χ1n) is 9.26. The molecular weight excluding hydrogens is 386 g/mol. The van der Waals surface area contributed by atoms with E-state index < -0.39 is 23.4 Å². The van der Waals surface area contributed by atoms with Gasteiger partial charge in [0.2, 0.25) is 5.91 Å². The van der Waals surface area contributed by atoms with E-state index in [-0.39, 0.29) is 6.54 Å². The normalized spacial score (nSPS) is 18.4. The molecule has 3 aromatic rings. The number of imide groups is 1.